The lowest BCUT2D eigenvalue weighted by molar-refractivity contribution is 0.0600. The van der Waals surface area contributed by atoms with Gasteiger partial charge in [-0.3, -0.25) is 0 Å². The number of esters is 1. The number of carbonyl (C=O) groups excluding carboxylic acids is 2. The molecule has 2 amide bonds. The van der Waals surface area contributed by atoms with Gasteiger partial charge in [-0.15, -0.1) is 0 Å². The Morgan fingerprint density at radius 3 is 2.74 bits per heavy atom. The number of nitrogens with zero attached hydrogens (tertiary/aromatic N) is 1. The van der Waals surface area contributed by atoms with Crippen LogP contribution in [0.2, 0.25) is 0 Å². The average molecular weight is 371 g/mol. The maximum atomic E-state index is 14.2. The number of rotatable bonds is 4. The van der Waals surface area contributed by atoms with Gasteiger partial charge < -0.3 is 20.3 Å². The second kappa shape index (κ2) is 8.64. The number of nitrogens with one attached hydrogen (secondary N) is 2. The molecule has 0 radical (unpaired) electrons. The zero-order chi connectivity index (χ0) is 19.2. The maximum absolute atomic E-state index is 14.2. The van der Waals surface area contributed by atoms with Crippen molar-refractivity contribution in [3.8, 4) is 0 Å². The van der Waals surface area contributed by atoms with E-state index in [2.05, 4.69) is 15.4 Å². The van der Waals surface area contributed by atoms with Crippen molar-refractivity contribution < 1.29 is 18.7 Å². The van der Waals surface area contributed by atoms with Crippen LogP contribution in [0.1, 0.15) is 27.5 Å². The van der Waals surface area contributed by atoms with Crippen molar-refractivity contribution in [3.63, 3.8) is 0 Å². The molecule has 0 spiro atoms. The number of benzene rings is 2. The fourth-order valence-corrected chi connectivity index (χ4v) is 3.13. The summed E-state index contributed by atoms with van der Waals surface area (Å²) in [6.45, 7) is 1.98. The van der Waals surface area contributed by atoms with E-state index in [1.165, 1.54) is 19.2 Å². The molecule has 1 fully saturated rings. The van der Waals surface area contributed by atoms with Gasteiger partial charge in [-0.2, -0.15) is 0 Å². The molecule has 1 saturated heterocycles. The summed E-state index contributed by atoms with van der Waals surface area (Å²) in [5.74, 6) is -1.16. The summed E-state index contributed by atoms with van der Waals surface area (Å²) in [6, 6.07) is 13.6. The molecule has 2 aromatic rings. The smallest absolute Gasteiger partial charge is 0.337 e. The van der Waals surface area contributed by atoms with Gasteiger partial charge in [0.1, 0.15) is 5.82 Å². The maximum Gasteiger partial charge on any atom is 0.337 e. The molecule has 2 N–H and O–H groups in total. The minimum absolute atomic E-state index is 0.0392. The quantitative estimate of drug-likeness (QED) is 0.810. The molecule has 0 aliphatic carbocycles. The zero-order valence-electron chi connectivity index (χ0n) is 15.1. The van der Waals surface area contributed by atoms with Gasteiger partial charge in [0.2, 0.25) is 0 Å². The van der Waals surface area contributed by atoms with E-state index in [4.69, 9.17) is 0 Å². The van der Waals surface area contributed by atoms with Crippen LogP contribution in [0.15, 0.2) is 48.5 Å². The third-order valence-corrected chi connectivity index (χ3v) is 4.59. The van der Waals surface area contributed by atoms with E-state index in [1.54, 1.807) is 4.90 Å². The summed E-state index contributed by atoms with van der Waals surface area (Å²) in [5.41, 5.74) is 1.49. The Hall–Kier alpha value is -2.93. The van der Waals surface area contributed by atoms with Crippen LogP contribution in [0, 0.1) is 5.82 Å². The molecular weight excluding hydrogens is 349 g/mol. The van der Waals surface area contributed by atoms with Crippen molar-refractivity contribution in [2.24, 2.45) is 0 Å². The van der Waals surface area contributed by atoms with E-state index in [0.717, 1.165) is 11.6 Å². The lowest BCUT2D eigenvalue weighted by Crippen LogP contribution is -2.51. The van der Waals surface area contributed by atoms with Gasteiger partial charge in [0.15, 0.2) is 0 Å². The predicted molar refractivity (Wildman–Crippen MR) is 98.7 cm³/mol. The summed E-state index contributed by atoms with van der Waals surface area (Å²) in [4.78, 5) is 25.9. The van der Waals surface area contributed by atoms with E-state index < -0.39 is 11.8 Å². The van der Waals surface area contributed by atoms with Gasteiger partial charge in [-0.1, -0.05) is 36.4 Å². The third-order valence-electron chi connectivity index (χ3n) is 4.59. The Bertz CT molecular complexity index is 813. The summed E-state index contributed by atoms with van der Waals surface area (Å²) in [6.07, 6.45) is 0. The first-order valence-electron chi connectivity index (χ1n) is 8.77. The van der Waals surface area contributed by atoms with E-state index in [0.29, 0.717) is 25.2 Å². The van der Waals surface area contributed by atoms with Crippen LogP contribution in [-0.4, -0.2) is 43.6 Å². The minimum atomic E-state index is -0.601. The highest BCUT2D eigenvalue weighted by molar-refractivity contribution is 5.89. The van der Waals surface area contributed by atoms with Crippen molar-refractivity contribution in [1.82, 2.24) is 15.5 Å². The summed E-state index contributed by atoms with van der Waals surface area (Å²) >= 11 is 0. The van der Waals surface area contributed by atoms with E-state index >= 15 is 0 Å². The Morgan fingerprint density at radius 2 is 2.04 bits per heavy atom. The molecule has 0 saturated carbocycles. The van der Waals surface area contributed by atoms with Crippen LogP contribution in [0.3, 0.4) is 0 Å². The Kier molecular flexibility index (Phi) is 6.03. The topological polar surface area (TPSA) is 70.7 Å². The third kappa shape index (κ3) is 4.43. The molecule has 142 valence electrons. The highest BCUT2D eigenvalue weighted by atomic mass is 19.1. The molecule has 1 unspecified atom stereocenters. The number of carbonyl (C=O) groups is 2. The number of amides is 2. The van der Waals surface area contributed by atoms with Crippen LogP contribution < -0.4 is 10.6 Å². The molecule has 0 aromatic heterocycles. The zero-order valence-corrected chi connectivity index (χ0v) is 15.1. The standard InChI is InChI=1S/C20H22FN3O3/c1-27-19(25)15-7-8-16(17(21)11-15)12-23-20(26)24-10-9-22-13-18(24)14-5-3-2-4-6-14/h2-8,11,18,22H,9-10,12-13H2,1H3,(H,23,26). The first-order valence-corrected chi connectivity index (χ1v) is 8.77. The normalized spacial score (nSPS) is 16.7. The molecule has 1 aliphatic heterocycles. The second-order valence-corrected chi connectivity index (χ2v) is 6.28. The molecule has 6 nitrogen and oxygen atoms in total. The highest BCUT2D eigenvalue weighted by Crippen LogP contribution is 2.22. The number of methoxy groups -OCH3 is 1. The first-order chi connectivity index (χ1) is 13.1. The fourth-order valence-electron chi connectivity index (χ4n) is 3.13. The van der Waals surface area contributed by atoms with Gasteiger partial charge in [-0.05, 0) is 17.7 Å². The SMILES string of the molecule is COC(=O)c1ccc(CNC(=O)N2CCNCC2c2ccccc2)c(F)c1. The Labute approximate surface area is 157 Å². The Balaban J connectivity index is 1.67. The van der Waals surface area contributed by atoms with E-state index in [9.17, 15) is 14.0 Å². The second-order valence-electron chi connectivity index (χ2n) is 6.28. The van der Waals surface area contributed by atoms with Crippen LogP contribution in [0.4, 0.5) is 9.18 Å². The minimum Gasteiger partial charge on any atom is -0.465 e. The predicted octanol–water partition coefficient (Wildman–Crippen LogP) is 2.47. The highest BCUT2D eigenvalue weighted by Gasteiger charge is 2.27. The van der Waals surface area contributed by atoms with Crippen LogP contribution in [-0.2, 0) is 11.3 Å². The first kappa shape index (κ1) is 18.8. The van der Waals surface area contributed by atoms with Crippen LogP contribution >= 0.6 is 0 Å². The van der Waals surface area contributed by atoms with Gasteiger partial charge in [0, 0.05) is 31.7 Å². The van der Waals surface area contributed by atoms with Gasteiger partial charge in [-0.25, -0.2) is 14.0 Å². The number of ether oxygens (including phenoxy) is 1. The number of halogens is 1. The van der Waals surface area contributed by atoms with Crippen LogP contribution in [0.5, 0.6) is 0 Å². The number of hydrogen-bond acceptors (Lipinski definition) is 4. The fraction of sp³-hybridized carbons (Fsp3) is 0.300. The summed E-state index contributed by atoms with van der Waals surface area (Å²) in [7, 11) is 1.24. The average Bonchev–Trinajstić information content (AvgIpc) is 2.72. The molecule has 2 aromatic carbocycles. The van der Waals surface area contributed by atoms with Gasteiger partial charge in [0.05, 0.1) is 18.7 Å². The molecule has 1 heterocycles. The lowest BCUT2D eigenvalue weighted by atomic mass is 10.0. The number of hydrogen-bond donors (Lipinski definition) is 2. The van der Waals surface area contributed by atoms with E-state index in [-0.39, 0.29) is 24.2 Å². The molecule has 3 rings (SSSR count). The van der Waals surface area contributed by atoms with Crippen molar-refractivity contribution in [1.29, 1.82) is 0 Å². The molecule has 0 bridgehead atoms. The van der Waals surface area contributed by atoms with Crippen molar-refractivity contribution >= 4 is 12.0 Å². The van der Waals surface area contributed by atoms with Gasteiger partial charge in [0.25, 0.3) is 0 Å². The molecule has 1 atom stereocenters. The molecular formula is C20H22FN3O3. The monoisotopic (exact) mass is 371 g/mol. The lowest BCUT2D eigenvalue weighted by Gasteiger charge is -2.36. The van der Waals surface area contributed by atoms with Crippen molar-refractivity contribution in [2.75, 3.05) is 26.7 Å². The molecule has 7 heteroatoms. The largest absolute Gasteiger partial charge is 0.465 e. The number of urea groups is 1. The summed E-state index contributed by atoms with van der Waals surface area (Å²) in [5, 5.41) is 6.07. The van der Waals surface area contributed by atoms with E-state index in [1.807, 2.05) is 30.3 Å². The Morgan fingerprint density at radius 1 is 1.26 bits per heavy atom. The van der Waals surface area contributed by atoms with Crippen molar-refractivity contribution in [3.05, 3.63) is 71.0 Å². The molecule has 1 aliphatic rings. The van der Waals surface area contributed by atoms with Crippen LogP contribution in [0.25, 0.3) is 0 Å². The van der Waals surface area contributed by atoms with Crippen molar-refractivity contribution in [2.45, 2.75) is 12.6 Å². The summed E-state index contributed by atoms with van der Waals surface area (Å²) < 4.78 is 18.8. The number of piperazine rings is 1. The molecule has 27 heavy (non-hydrogen) atoms. The van der Waals surface area contributed by atoms with Gasteiger partial charge >= 0.3 is 12.0 Å².